The second kappa shape index (κ2) is 17.4. The SMILES string of the molecule is COC(=O)c1ccc(Cl)cc1NN=C1C(=O)C(C(=O)Nc2ccc(NC(=O)C3=Cc4ccccc4C(=NNc4cc(Cl)ccc4C(=O)OC)C3=O)cc2)=Cc2ccccc21. The van der Waals surface area contributed by atoms with E-state index in [1.165, 1.54) is 87.0 Å². The lowest BCUT2D eigenvalue weighted by Crippen LogP contribution is -2.30. The minimum absolute atomic E-state index is 0.0827. The minimum Gasteiger partial charge on any atom is -0.465 e. The topological polar surface area (TPSA) is 194 Å². The molecule has 298 valence electrons. The normalized spacial score (nSPS) is 14.3. The summed E-state index contributed by atoms with van der Waals surface area (Å²) >= 11 is 12.3. The van der Waals surface area contributed by atoms with E-state index < -0.39 is 35.3 Å². The summed E-state index contributed by atoms with van der Waals surface area (Å²) in [6.07, 6.45) is 2.90. The Labute approximate surface area is 351 Å². The van der Waals surface area contributed by atoms with Gasteiger partial charge in [-0.3, -0.25) is 30.0 Å². The number of ether oxygens (including phenoxy) is 2. The Balaban J connectivity index is 1.07. The van der Waals surface area contributed by atoms with E-state index >= 15 is 0 Å². The monoisotopic (exact) mass is 840 g/mol. The highest BCUT2D eigenvalue weighted by Crippen LogP contribution is 2.29. The van der Waals surface area contributed by atoms with Gasteiger partial charge in [0.2, 0.25) is 11.6 Å². The molecule has 2 aliphatic rings. The van der Waals surface area contributed by atoms with Crippen molar-refractivity contribution in [1.82, 2.24) is 0 Å². The molecule has 0 saturated heterocycles. The lowest BCUT2D eigenvalue weighted by Gasteiger charge is -2.18. The summed E-state index contributed by atoms with van der Waals surface area (Å²) in [7, 11) is 2.45. The highest BCUT2D eigenvalue weighted by molar-refractivity contribution is 6.60. The van der Waals surface area contributed by atoms with Crippen molar-refractivity contribution < 1.29 is 38.2 Å². The fourth-order valence-corrected chi connectivity index (χ4v) is 6.58. The van der Waals surface area contributed by atoms with Crippen LogP contribution in [0.3, 0.4) is 0 Å². The maximum Gasteiger partial charge on any atom is 0.340 e. The number of amides is 2. The van der Waals surface area contributed by atoms with Crippen LogP contribution in [-0.4, -0.2) is 61.0 Å². The van der Waals surface area contributed by atoms with Crippen LogP contribution in [0.4, 0.5) is 22.7 Å². The largest absolute Gasteiger partial charge is 0.465 e. The molecular formula is C44H30Cl2N6O8. The van der Waals surface area contributed by atoms with Crippen LogP contribution in [0.15, 0.2) is 131 Å². The smallest absolute Gasteiger partial charge is 0.340 e. The summed E-state index contributed by atoms with van der Waals surface area (Å²) in [4.78, 5) is 79.4. The first-order chi connectivity index (χ1) is 28.9. The number of halogens is 2. The molecule has 4 N–H and O–H groups in total. The number of benzene rings is 5. The zero-order valence-electron chi connectivity index (χ0n) is 31.5. The summed E-state index contributed by atoms with van der Waals surface area (Å²) in [5.41, 5.74) is 8.08. The van der Waals surface area contributed by atoms with Crippen LogP contribution in [0, 0.1) is 0 Å². The highest BCUT2D eigenvalue weighted by Gasteiger charge is 2.32. The third kappa shape index (κ3) is 8.45. The van der Waals surface area contributed by atoms with Crippen molar-refractivity contribution in [1.29, 1.82) is 0 Å². The lowest BCUT2D eigenvalue weighted by atomic mass is 9.89. The number of rotatable bonds is 10. The van der Waals surface area contributed by atoms with E-state index in [0.717, 1.165) is 0 Å². The zero-order chi connectivity index (χ0) is 42.5. The fourth-order valence-electron chi connectivity index (χ4n) is 6.24. The van der Waals surface area contributed by atoms with E-state index in [-0.39, 0.29) is 45.1 Å². The standard InChI is InChI=1S/C44H30Cl2N6O8/c1-59-43(57)31-17-11-25(45)21-35(31)49-51-37-29-9-5-3-7-23(29)19-33(39(37)53)41(55)47-27-13-15-28(16-14-27)48-42(56)34-20-24-8-4-6-10-30(24)38(40(34)54)52-50-36-22-26(46)12-18-32(36)44(58)60-2/h3-22,49-50H,1-2H3,(H,47,55)(H,48,56). The molecule has 0 fully saturated rings. The van der Waals surface area contributed by atoms with Crippen molar-refractivity contribution in [3.05, 3.63) is 164 Å². The first kappa shape index (κ1) is 40.5. The molecule has 0 heterocycles. The van der Waals surface area contributed by atoms with E-state index in [1.807, 2.05) is 0 Å². The molecule has 16 heteroatoms. The predicted molar refractivity (Wildman–Crippen MR) is 228 cm³/mol. The van der Waals surface area contributed by atoms with Gasteiger partial charge in [-0.05, 0) is 83.9 Å². The molecule has 0 spiro atoms. The Hall–Kier alpha value is -7.68. The van der Waals surface area contributed by atoms with Gasteiger partial charge in [-0.1, -0.05) is 71.7 Å². The number of anilines is 4. The first-order valence-electron chi connectivity index (χ1n) is 17.8. The summed E-state index contributed by atoms with van der Waals surface area (Å²) < 4.78 is 9.69. The van der Waals surface area contributed by atoms with Gasteiger partial charge in [-0.15, -0.1) is 0 Å². The maximum absolute atomic E-state index is 13.8. The van der Waals surface area contributed by atoms with Crippen molar-refractivity contribution >= 4 is 105 Å². The molecular weight excluding hydrogens is 811 g/mol. The van der Waals surface area contributed by atoms with Gasteiger partial charge < -0.3 is 20.1 Å². The van der Waals surface area contributed by atoms with Gasteiger partial charge in [0.05, 0.1) is 47.9 Å². The molecule has 0 atom stereocenters. The van der Waals surface area contributed by atoms with Crippen LogP contribution in [-0.2, 0) is 28.7 Å². The van der Waals surface area contributed by atoms with Crippen molar-refractivity contribution in [3.8, 4) is 0 Å². The van der Waals surface area contributed by atoms with E-state index in [9.17, 15) is 28.8 Å². The van der Waals surface area contributed by atoms with Crippen LogP contribution in [0.5, 0.6) is 0 Å². The van der Waals surface area contributed by atoms with Crippen molar-refractivity contribution in [2.45, 2.75) is 0 Å². The number of methoxy groups -OCH3 is 2. The number of nitrogens with zero attached hydrogens (tertiary/aromatic N) is 2. The van der Waals surface area contributed by atoms with Gasteiger partial charge in [0, 0.05) is 32.5 Å². The summed E-state index contributed by atoms with van der Waals surface area (Å²) in [6.45, 7) is 0. The average molecular weight is 842 g/mol. The highest BCUT2D eigenvalue weighted by atomic mass is 35.5. The number of ketones is 2. The molecule has 5 aromatic carbocycles. The molecule has 2 aliphatic carbocycles. The number of fused-ring (bicyclic) bond motifs is 2. The molecule has 0 unspecified atom stereocenters. The molecule has 0 bridgehead atoms. The van der Waals surface area contributed by atoms with Crippen molar-refractivity contribution in [3.63, 3.8) is 0 Å². The summed E-state index contributed by atoms with van der Waals surface area (Å²) in [5, 5.41) is 14.6. The van der Waals surface area contributed by atoms with Crippen LogP contribution in [0.25, 0.3) is 12.2 Å². The van der Waals surface area contributed by atoms with E-state index in [2.05, 4.69) is 31.7 Å². The van der Waals surface area contributed by atoms with E-state index in [1.54, 1.807) is 48.5 Å². The molecule has 0 saturated carbocycles. The third-order valence-electron chi connectivity index (χ3n) is 9.19. The number of esters is 2. The van der Waals surface area contributed by atoms with Gasteiger partial charge in [0.1, 0.15) is 11.4 Å². The molecule has 2 amide bonds. The Morgan fingerprint density at radius 3 is 1.30 bits per heavy atom. The lowest BCUT2D eigenvalue weighted by molar-refractivity contribution is -0.118. The second-order valence-corrected chi connectivity index (χ2v) is 13.8. The number of Topliss-reactive ketones (excluding diaryl/α,β-unsaturated/α-hetero) is 2. The van der Waals surface area contributed by atoms with Gasteiger partial charge in [0.15, 0.2) is 0 Å². The van der Waals surface area contributed by atoms with Gasteiger partial charge >= 0.3 is 11.9 Å². The maximum atomic E-state index is 13.8. The van der Waals surface area contributed by atoms with Crippen molar-refractivity contribution in [2.75, 3.05) is 35.7 Å². The molecule has 5 aromatic rings. The predicted octanol–water partition coefficient (Wildman–Crippen LogP) is 7.41. The molecule has 0 aromatic heterocycles. The van der Waals surface area contributed by atoms with Crippen LogP contribution < -0.4 is 21.5 Å². The molecule has 7 rings (SSSR count). The quantitative estimate of drug-likeness (QED) is 0.0625. The second-order valence-electron chi connectivity index (χ2n) is 12.9. The number of hydrazone groups is 2. The summed E-state index contributed by atoms with van der Waals surface area (Å²) in [5.74, 6) is -4.14. The first-order valence-corrected chi connectivity index (χ1v) is 18.6. The van der Waals surface area contributed by atoms with E-state index in [4.69, 9.17) is 32.7 Å². The number of hydrogen-bond donors (Lipinski definition) is 4. The van der Waals surface area contributed by atoms with Crippen molar-refractivity contribution in [2.24, 2.45) is 10.2 Å². The van der Waals surface area contributed by atoms with Gasteiger partial charge in [-0.2, -0.15) is 10.2 Å². The number of carbonyl (C=O) groups is 6. The Morgan fingerprint density at radius 2 is 0.917 bits per heavy atom. The summed E-state index contributed by atoms with van der Waals surface area (Å²) in [6, 6.07) is 28.6. The Kier molecular flexibility index (Phi) is 11.8. The fraction of sp³-hybridized carbons (Fsp3) is 0.0455. The van der Waals surface area contributed by atoms with Crippen LogP contribution in [0.1, 0.15) is 43.0 Å². The Morgan fingerprint density at radius 1 is 0.533 bits per heavy atom. The van der Waals surface area contributed by atoms with Crippen LogP contribution in [0.2, 0.25) is 10.0 Å². The molecule has 14 nitrogen and oxygen atoms in total. The minimum atomic E-state index is -0.731. The van der Waals surface area contributed by atoms with E-state index in [0.29, 0.717) is 43.7 Å². The van der Waals surface area contributed by atoms with Gasteiger partial charge in [0.25, 0.3) is 11.8 Å². The number of nitrogens with one attached hydrogen (secondary N) is 4. The van der Waals surface area contributed by atoms with Gasteiger partial charge in [-0.25, -0.2) is 9.59 Å². The third-order valence-corrected chi connectivity index (χ3v) is 9.66. The number of carbonyl (C=O) groups excluding carboxylic acids is 6. The van der Waals surface area contributed by atoms with Crippen LogP contribution >= 0.6 is 23.2 Å². The molecule has 0 aliphatic heterocycles. The number of hydrogen-bond acceptors (Lipinski definition) is 12. The molecule has 0 radical (unpaired) electrons. The average Bonchev–Trinajstić information content (AvgIpc) is 3.25. The zero-order valence-corrected chi connectivity index (χ0v) is 33.0. The Bertz CT molecular complexity index is 2590. The molecule has 60 heavy (non-hydrogen) atoms.